The van der Waals surface area contributed by atoms with Gasteiger partial charge in [0.1, 0.15) is 17.3 Å². The van der Waals surface area contributed by atoms with Crippen molar-refractivity contribution in [3.05, 3.63) is 71.3 Å². The summed E-state index contributed by atoms with van der Waals surface area (Å²) in [6.07, 6.45) is 7.33. The molecule has 1 aliphatic rings. The van der Waals surface area contributed by atoms with E-state index >= 15 is 0 Å². The van der Waals surface area contributed by atoms with Gasteiger partial charge in [0.15, 0.2) is 5.89 Å². The van der Waals surface area contributed by atoms with E-state index in [1.165, 1.54) is 6.20 Å². The monoisotopic (exact) mass is 349 g/mol. The Labute approximate surface area is 150 Å². The third-order valence-corrected chi connectivity index (χ3v) is 4.44. The van der Waals surface area contributed by atoms with Crippen LogP contribution in [0.15, 0.2) is 47.3 Å². The van der Waals surface area contributed by atoms with Crippen molar-refractivity contribution in [2.75, 3.05) is 12.3 Å². The summed E-state index contributed by atoms with van der Waals surface area (Å²) in [7, 11) is 0. The number of nitrogen functional groups attached to an aromatic ring is 1. The van der Waals surface area contributed by atoms with Gasteiger partial charge in [-0.2, -0.15) is 0 Å². The van der Waals surface area contributed by atoms with Crippen molar-refractivity contribution < 1.29 is 9.21 Å². The number of hydrogen-bond acceptors (Lipinski definition) is 6. The molecule has 7 nitrogen and oxygen atoms in total. The Balaban J connectivity index is 1.43. The third kappa shape index (κ3) is 3.42. The maximum Gasteiger partial charge on any atom is 0.255 e. The Bertz CT molecular complexity index is 905. The highest BCUT2D eigenvalue weighted by Crippen LogP contribution is 2.22. The smallest absolute Gasteiger partial charge is 0.255 e. The lowest BCUT2D eigenvalue weighted by molar-refractivity contribution is 0.0727. The fourth-order valence-electron chi connectivity index (χ4n) is 3.04. The summed E-state index contributed by atoms with van der Waals surface area (Å²) in [5.41, 5.74) is 8.10. The van der Waals surface area contributed by atoms with E-state index in [2.05, 4.69) is 15.0 Å². The SMILES string of the molecule is Nc1ccc(C(=O)N2CCc3oc(CCc4cccnc4)nc3C2)cn1. The molecule has 4 heterocycles. The number of nitrogens with two attached hydrogens (primary N) is 1. The average molecular weight is 349 g/mol. The van der Waals surface area contributed by atoms with Crippen LogP contribution in [-0.2, 0) is 25.8 Å². The predicted molar refractivity (Wildman–Crippen MR) is 95.2 cm³/mol. The summed E-state index contributed by atoms with van der Waals surface area (Å²) in [6, 6.07) is 7.29. The molecule has 0 atom stereocenters. The van der Waals surface area contributed by atoms with Crippen molar-refractivity contribution in [3.63, 3.8) is 0 Å². The third-order valence-electron chi connectivity index (χ3n) is 4.44. The average Bonchev–Trinajstić information content (AvgIpc) is 3.09. The second kappa shape index (κ2) is 6.95. The van der Waals surface area contributed by atoms with E-state index in [0.717, 1.165) is 23.4 Å². The molecule has 0 saturated carbocycles. The summed E-state index contributed by atoms with van der Waals surface area (Å²) in [4.78, 5) is 27.1. The van der Waals surface area contributed by atoms with Crippen molar-refractivity contribution in [1.29, 1.82) is 0 Å². The zero-order chi connectivity index (χ0) is 17.9. The van der Waals surface area contributed by atoms with Crippen molar-refractivity contribution in [3.8, 4) is 0 Å². The molecule has 2 N–H and O–H groups in total. The summed E-state index contributed by atoms with van der Waals surface area (Å²) in [6.45, 7) is 1.06. The van der Waals surface area contributed by atoms with Crippen LogP contribution in [-0.4, -0.2) is 32.3 Å². The Morgan fingerprint density at radius 1 is 1.23 bits per heavy atom. The zero-order valence-corrected chi connectivity index (χ0v) is 14.3. The minimum Gasteiger partial charge on any atom is -0.445 e. The molecule has 0 bridgehead atoms. The number of carbonyl (C=O) groups excluding carboxylic acids is 1. The van der Waals surface area contributed by atoms with Crippen LogP contribution >= 0.6 is 0 Å². The number of hydrogen-bond donors (Lipinski definition) is 1. The van der Waals surface area contributed by atoms with Crippen LogP contribution < -0.4 is 5.73 Å². The van der Waals surface area contributed by atoms with Crippen LogP contribution in [0.4, 0.5) is 5.82 Å². The molecule has 26 heavy (non-hydrogen) atoms. The first kappa shape index (κ1) is 16.3. The number of fused-ring (bicyclic) bond motifs is 1. The van der Waals surface area contributed by atoms with E-state index in [4.69, 9.17) is 10.2 Å². The standard InChI is InChI=1S/C19H19N5O2/c20-17-5-4-14(11-22-17)19(25)24-9-7-16-15(12-24)23-18(26-16)6-3-13-2-1-8-21-10-13/h1-2,4-5,8,10-11H,3,6-7,9,12H2,(H2,20,22). The lowest BCUT2D eigenvalue weighted by Gasteiger charge is -2.25. The highest BCUT2D eigenvalue weighted by Gasteiger charge is 2.26. The fourth-order valence-corrected chi connectivity index (χ4v) is 3.04. The minimum absolute atomic E-state index is 0.0666. The molecule has 0 saturated heterocycles. The molecule has 0 spiro atoms. The van der Waals surface area contributed by atoms with E-state index < -0.39 is 0 Å². The highest BCUT2D eigenvalue weighted by atomic mass is 16.4. The molecule has 0 aromatic carbocycles. The lowest BCUT2D eigenvalue weighted by atomic mass is 10.1. The largest absolute Gasteiger partial charge is 0.445 e. The minimum atomic E-state index is -0.0666. The van der Waals surface area contributed by atoms with Gasteiger partial charge in [0, 0.05) is 38.0 Å². The number of rotatable bonds is 4. The Kier molecular flexibility index (Phi) is 4.35. The molecular formula is C19H19N5O2. The van der Waals surface area contributed by atoms with Crippen LogP contribution in [0, 0.1) is 0 Å². The van der Waals surface area contributed by atoms with E-state index in [1.807, 2.05) is 18.3 Å². The van der Waals surface area contributed by atoms with Crippen LogP contribution in [0.3, 0.4) is 0 Å². The number of pyridine rings is 2. The Hall–Kier alpha value is -3.22. The number of amides is 1. The van der Waals surface area contributed by atoms with Gasteiger partial charge >= 0.3 is 0 Å². The molecule has 1 amide bonds. The number of anilines is 1. The van der Waals surface area contributed by atoms with Gasteiger partial charge in [-0.1, -0.05) is 6.07 Å². The number of aromatic nitrogens is 3. The first-order chi connectivity index (χ1) is 12.7. The highest BCUT2D eigenvalue weighted by molar-refractivity contribution is 5.94. The molecule has 4 rings (SSSR count). The van der Waals surface area contributed by atoms with Crippen molar-refractivity contribution in [2.24, 2.45) is 0 Å². The molecule has 1 aliphatic heterocycles. The van der Waals surface area contributed by atoms with Crippen molar-refractivity contribution in [2.45, 2.75) is 25.8 Å². The lowest BCUT2D eigenvalue weighted by Crippen LogP contribution is -2.35. The van der Waals surface area contributed by atoms with Crippen LogP contribution in [0.25, 0.3) is 0 Å². The molecular weight excluding hydrogens is 330 g/mol. The van der Waals surface area contributed by atoms with E-state index in [-0.39, 0.29) is 5.91 Å². The first-order valence-corrected chi connectivity index (χ1v) is 8.56. The van der Waals surface area contributed by atoms with Gasteiger partial charge in [0.2, 0.25) is 0 Å². The molecule has 0 aliphatic carbocycles. The van der Waals surface area contributed by atoms with Gasteiger partial charge in [-0.3, -0.25) is 9.78 Å². The first-order valence-electron chi connectivity index (χ1n) is 8.56. The summed E-state index contributed by atoms with van der Waals surface area (Å²) in [5, 5.41) is 0. The summed E-state index contributed by atoms with van der Waals surface area (Å²) >= 11 is 0. The number of aryl methyl sites for hydroxylation is 2. The molecule has 3 aromatic heterocycles. The predicted octanol–water partition coefficient (Wildman–Crippen LogP) is 2.03. The van der Waals surface area contributed by atoms with Crippen LogP contribution in [0.5, 0.6) is 0 Å². The molecule has 0 unspecified atom stereocenters. The van der Waals surface area contributed by atoms with E-state index in [9.17, 15) is 4.79 Å². The topological polar surface area (TPSA) is 98.1 Å². The number of nitrogens with zero attached hydrogens (tertiary/aromatic N) is 4. The van der Waals surface area contributed by atoms with Gasteiger partial charge in [-0.25, -0.2) is 9.97 Å². The molecule has 7 heteroatoms. The number of oxazole rings is 1. The summed E-state index contributed by atoms with van der Waals surface area (Å²) in [5.74, 6) is 1.92. The fraction of sp³-hybridized carbons (Fsp3) is 0.263. The molecule has 0 fully saturated rings. The maximum atomic E-state index is 12.6. The van der Waals surface area contributed by atoms with Gasteiger partial charge in [0.25, 0.3) is 5.91 Å². The van der Waals surface area contributed by atoms with Crippen LogP contribution in [0.2, 0.25) is 0 Å². The van der Waals surface area contributed by atoms with E-state index in [1.54, 1.807) is 23.2 Å². The normalized spacial score (nSPS) is 13.5. The second-order valence-electron chi connectivity index (χ2n) is 6.29. The summed E-state index contributed by atoms with van der Waals surface area (Å²) < 4.78 is 5.88. The van der Waals surface area contributed by atoms with Gasteiger partial charge in [-0.15, -0.1) is 0 Å². The van der Waals surface area contributed by atoms with Gasteiger partial charge in [0.05, 0.1) is 12.1 Å². The number of carbonyl (C=O) groups is 1. The Morgan fingerprint density at radius 3 is 2.92 bits per heavy atom. The molecule has 0 radical (unpaired) electrons. The maximum absolute atomic E-state index is 12.6. The van der Waals surface area contributed by atoms with Crippen LogP contribution in [0.1, 0.15) is 33.3 Å². The molecule has 132 valence electrons. The zero-order valence-electron chi connectivity index (χ0n) is 14.3. The Morgan fingerprint density at radius 2 is 2.15 bits per heavy atom. The van der Waals surface area contributed by atoms with Crippen molar-refractivity contribution in [1.82, 2.24) is 19.9 Å². The van der Waals surface area contributed by atoms with Gasteiger partial charge < -0.3 is 15.1 Å². The quantitative estimate of drug-likeness (QED) is 0.774. The van der Waals surface area contributed by atoms with Crippen molar-refractivity contribution >= 4 is 11.7 Å². The molecule has 3 aromatic rings. The second-order valence-corrected chi connectivity index (χ2v) is 6.29. The van der Waals surface area contributed by atoms with E-state index in [0.29, 0.717) is 43.2 Å². The van der Waals surface area contributed by atoms with Gasteiger partial charge in [-0.05, 0) is 30.2 Å².